The smallest absolute Gasteiger partial charge is 0.148 e. The average Bonchev–Trinajstić information content (AvgIpc) is 2.48. The molecule has 0 radical (unpaired) electrons. The molecule has 100 valence electrons. The summed E-state index contributed by atoms with van der Waals surface area (Å²) >= 11 is 0. The summed E-state index contributed by atoms with van der Waals surface area (Å²) in [5.41, 5.74) is 0. The fraction of sp³-hybridized carbons (Fsp3) is 0.111. The normalized spacial score (nSPS) is 11.8. The molecule has 2 nitrogen and oxygen atoms in total. The Bertz CT molecular complexity index is 682. The minimum Gasteiger partial charge on any atom is -0.480 e. The van der Waals surface area contributed by atoms with Crippen molar-refractivity contribution in [1.29, 1.82) is 0 Å². The van der Waals surface area contributed by atoms with Crippen LogP contribution in [0.25, 0.3) is 11.8 Å². The van der Waals surface area contributed by atoms with Crippen molar-refractivity contribution in [3.8, 4) is 30.4 Å². The number of benzene rings is 1. The molecule has 2 heteroatoms. The van der Waals surface area contributed by atoms with Gasteiger partial charge in [0, 0.05) is 10.4 Å². The molecule has 1 aromatic rings. The average molecular weight is 264 g/mol. The largest absolute Gasteiger partial charge is 0.480 e. The lowest BCUT2D eigenvalue weighted by atomic mass is 10.2. The van der Waals surface area contributed by atoms with Crippen molar-refractivity contribution in [2.75, 3.05) is 13.2 Å². The van der Waals surface area contributed by atoms with Gasteiger partial charge in [-0.05, 0) is 12.1 Å². The Balaban J connectivity index is 3.54. The van der Waals surface area contributed by atoms with E-state index in [0.717, 1.165) is 10.4 Å². The highest BCUT2D eigenvalue weighted by atomic mass is 16.5. The highest BCUT2D eigenvalue weighted by Gasteiger charge is 2.01. The van der Waals surface area contributed by atoms with Crippen LogP contribution in [-0.2, 0) is 4.74 Å². The van der Waals surface area contributed by atoms with Gasteiger partial charge in [0.15, 0.2) is 0 Å². The van der Waals surface area contributed by atoms with E-state index in [1.165, 1.54) is 0 Å². The van der Waals surface area contributed by atoms with Crippen LogP contribution in [0.2, 0.25) is 0 Å². The second kappa shape index (κ2) is 8.29. The van der Waals surface area contributed by atoms with E-state index in [9.17, 15) is 0 Å². The maximum atomic E-state index is 5.52. The molecule has 0 fully saturated rings. The van der Waals surface area contributed by atoms with Crippen LogP contribution in [0.3, 0.4) is 0 Å². The zero-order chi connectivity index (χ0) is 14.8. The van der Waals surface area contributed by atoms with E-state index >= 15 is 0 Å². The third-order valence-electron chi connectivity index (χ3n) is 2.42. The zero-order valence-corrected chi connectivity index (χ0v) is 11.3. The van der Waals surface area contributed by atoms with Gasteiger partial charge < -0.3 is 9.47 Å². The van der Waals surface area contributed by atoms with Crippen molar-refractivity contribution in [2.45, 2.75) is 0 Å². The standard InChI is InChI=1S/C18H16O2/c1-5-10-15-16(17(8-4)19-13-6-2)11-9-12-18(15)20-14-7-3/h2-3,5,8-12H,1,4,13-14H2/b15-10+,17-16+. The lowest BCUT2D eigenvalue weighted by Gasteiger charge is -2.07. The molecule has 0 saturated carbocycles. The number of ether oxygens (including phenoxy) is 2. The van der Waals surface area contributed by atoms with Crippen LogP contribution in [-0.4, -0.2) is 13.2 Å². The monoisotopic (exact) mass is 264 g/mol. The Morgan fingerprint density at radius 2 is 1.95 bits per heavy atom. The summed E-state index contributed by atoms with van der Waals surface area (Å²) < 4.78 is 11.0. The van der Waals surface area contributed by atoms with Crippen LogP contribution in [0.4, 0.5) is 0 Å². The van der Waals surface area contributed by atoms with Gasteiger partial charge in [0.2, 0.25) is 0 Å². The van der Waals surface area contributed by atoms with Crippen LogP contribution in [0.1, 0.15) is 0 Å². The first-order chi connectivity index (χ1) is 9.78. The molecule has 0 heterocycles. The van der Waals surface area contributed by atoms with Crippen LogP contribution in [0.5, 0.6) is 5.75 Å². The fourth-order valence-electron chi connectivity index (χ4n) is 1.66. The van der Waals surface area contributed by atoms with Crippen LogP contribution in [0, 0.1) is 24.7 Å². The topological polar surface area (TPSA) is 18.5 Å². The molecular formula is C18H16O2. The van der Waals surface area contributed by atoms with Crippen molar-refractivity contribution < 1.29 is 9.47 Å². The van der Waals surface area contributed by atoms with E-state index < -0.39 is 0 Å². The molecule has 1 aromatic carbocycles. The summed E-state index contributed by atoms with van der Waals surface area (Å²) in [4.78, 5) is 0. The van der Waals surface area contributed by atoms with Gasteiger partial charge in [-0.2, -0.15) is 0 Å². The summed E-state index contributed by atoms with van der Waals surface area (Å²) in [7, 11) is 0. The maximum absolute atomic E-state index is 5.52. The van der Waals surface area contributed by atoms with Gasteiger partial charge in [0.25, 0.3) is 0 Å². The lowest BCUT2D eigenvalue weighted by molar-refractivity contribution is 0.326. The van der Waals surface area contributed by atoms with Gasteiger partial charge in [0.05, 0.1) is 0 Å². The van der Waals surface area contributed by atoms with Crippen molar-refractivity contribution in [3.05, 3.63) is 53.9 Å². The Morgan fingerprint density at radius 3 is 2.55 bits per heavy atom. The third kappa shape index (κ3) is 3.83. The first-order valence-electron chi connectivity index (χ1n) is 5.99. The molecule has 0 bridgehead atoms. The minimum atomic E-state index is 0.171. The van der Waals surface area contributed by atoms with Gasteiger partial charge in [0.1, 0.15) is 24.7 Å². The molecule has 0 saturated heterocycles. The Labute approximate surface area is 119 Å². The molecule has 0 aliphatic heterocycles. The molecule has 0 unspecified atom stereocenters. The second-order valence-corrected chi connectivity index (χ2v) is 3.67. The van der Waals surface area contributed by atoms with E-state index in [1.807, 2.05) is 24.3 Å². The number of hydrogen-bond donors (Lipinski definition) is 0. The molecular weight excluding hydrogens is 248 g/mol. The van der Waals surface area contributed by atoms with Gasteiger partial charge >= 0.3 is 0 Å². The number of rotatable bonds is 6. The summed E-state index contributed by atoms with van der Waals surface area (Å²) in [6, 6.07) is 5.58. The molecule has 0 atom stereocenters. The summed E-state index contributed by atoms with van der Waals surface area (Å²) in [6.07, 6.45) is 15.5. The summed E-state index contributed by atoms with van der Waals surface area (Å²) in [5, 5.41) is 1.65. The van der Waals surface area contributed by atoms with E-state index in [0.29, 0.717) is 11.5 Å². The lowest BCUT2D eigenvalue weighted by Crippen LogP contribution is -2.29. The highest BCUT2D eigenvalue weighted by molar-refractivity contribution is 5.53. The van der Waals surface area contributed by atoms with Gasteiger partial charge in [-0.1, -0.05) is 49.3 Å². The van der Waals surface area contributed by atoms with Crippen molar-refractivity contribution in [1.82, 2.24) is 0 Å². The van der Waals surface area contributed by atoms with Crippen molar-refractivity contribution in [2.24, 2.45) is 0 Å². The van der Waals surface area contributed by atoms with Crippen LogP contribution in [0.15, 0.2) is 43.5 Å². The zero-order valence-electron chi connectivity index (χ0n) is 11.3. The molecule has 20 heavy (non-hydrogen) atoms. The summed E-state index contributed by atoms with van der Waals surface area (Å²) in [5.74, 6) is 6.10. The first-order valence-corrected chi connectivity index (χ1v) is 5.99. The Kier molecular flexibility index (Phi) is 6.31. The van der Waals surface area contributed by atoms with E-state index in [-0.39, 0.29) is 13.2 Å². The molecule has 0 aromatic heterocycles. The maximum Gasteiger partial charge on any atom is 0.148 e. The third-order valence-corrected chi connectivity index (χ3v) is 2.42. The van der Waals surface area contributed by atoms with Gasteiger partial charge in [-0.25, -0.2) is 0 Å². The predicted octanol–water partition coefficient (Wildman–Crippen LogP) is 1.61. The molecule has 0 amide bonds. The summed E-state index contributed by atoms with van der Waals surface area (Å²) in [6.45, 7) is 7.81. The van der Waals surface area contributed by atoms with Gasteiger partial charge in [-0.15, -0.1) is 12.8 Å². The van der Waals surface area contributed by atoms with Crippen molar-refractivity contribution >= 4 is 11.8 Å². The minimum absolute atomic E-state index is 0.171. The number of hydrogen-bond acceptors (Lipinski definition) is 2. The second-order valence-electron chi connectivity index (χ2n) is 3.67. The molecule has 0 aliphatic carbocycles. The number of allylic oxidation sites excluding steroid dienone is 1. The van der Waals surface area contributed by atoms with E-state index in [2.05, 4.69) is 25.0 Å². The Morgan fingerprint density at radius 1 is 1.20 bits per heavy atom. The molecule has 0 aliphatic rings. The quantitative estimate of drug-likeness (QED) is 0.727. The van der Waals surface area contributed by atoms with Gasteiger partial charge in [-0.3, -0.25) is 0 Å². The molecule has 1 rings (SSSR count). The first kappa shape index (κ1) is 15.2. The Hall–Kier alpha value is -2.84. The highest BCUT2D eigenvalue weighted by Crippen LogP contribution is 2.02. The van der Waals surface area contributed by atoms with E-state index in [1.54, 1.807) is 12.2 Å². The number of terminal acetylenes is 2. The molecule has 0 spiro atoms. The van der Waals surface area contributed by atoms with E-state index in [4.69, 9.17) is 22.3 Å². The SMILES string of the molecule is C#CCO/C(C=C)=c1\cccc(OCC#C)\c1=C\C=C. The van der Waals surface area contributed by atoms with Crippen LogP contribution >= 0.6 is 0 Å². The van der Waals surface area contributed by atoms with Crippen LogP contribution < -0.4 is 15.2 Å². The fourth-order valence-corrected chi connectivity index (χ4v) is 1.66. The predicted molar refractivity (Wildman–Crippen MR) is 83.1 cm³/mol. The van der Waals surface area contributed by atoms with Crippen molar-refractivity contribution in [3.63, 3.8) is 0 Å². The molecule has 0 N–H and O–H groups in total.